The molecule has 13 heteroatoms. The van der Waals surface area contributed by atoms with Gasteiger partial charge in [-0.05, 0) is 60.7 Å². The van der Waals surface area contributed by atoms with E-state index in [9.17, 15) is 24.1 Å². The number of ether oxygens (including phenoxy) is 1. The fourth-order valence-electron chi connectivity index (χ4n) is 4.41. The van der Waals surface area contributed by atoms with Crippen molar-refractivity contribution in [2.24, 2.45) is 5.10 Å². The number of nitrogens with zero attached hydrogens (tertiary/aromatic N) is 4. The maximum Gasteiger partial charge on any atom is 0.311 e. The first-order valence-corrected chi connectivity index (χ1v) is 13.8. The Morgan fingerprint density at radius 3 is 2.70 bits per heavy atom. The van der Waals surface area contributed by atoms with Crippen molar-refractivity contribution >= 4 is 61.3 Å². The summed E-state index contributed by atoms with van der Waals surface area (Å²) < 4.78 is 27.1. The van der Waals surface area contributed by atoms with Crippen LogP contribution in [0.25, 0.3) is 33.5 Å². The van der Waals surface area contributed by atoms with E-state index >= 15 is 0 Å². The Balaban J connectivity index is 1.32. The lowest BCUT2D eigenvalue weighted by Gasteiger charge is -2.09. The van der Waals surface area contributed by atoms with Gasteiger partial charge in [0.05, 0.1) is 27.7 Å². The molecular weight excluding hydrogens is 637 g/mol. The van der Waals surface area contributed by atoms with Crippen molar-refractivity contribution in [3.05, 3.63) is 127 Å². The van der Waals surface area contributed by atoms with Crippen molar-refractivity contribution < 1.29 is 23.3 Å². The van der Waals surface area contributed by atoms with Crippen LogP contribution in [0.3, 0.4) is 0 Å². The number of benzene rings is 4. The van der Waals surface area contributed by atoms with Crippen LogP contribution in [0.2, 0.25) is 0 Å². The Morgan fingerprint density at radius 2 is 1.89 bits per heavy atom. The van der Waals surface area contributed by atoms with E-state index in [2.05, 4.69) is 31.3 Å². The number of hydrogen-bond acceptors (Lipinski definition) is 8. The van der Waals surface area contributed by atoms with Gasteiger partial charge in [0.1, 0.15) is 11.4 Å². The summed E-state index contributed by atoms with van der Waals surface area (Å²) in [6.07, 6.45) is 1.27. The second-order valence-corrected chi connectivity index (χ2v) is 10.3. The molecule has 2 aromatic heterocycles. The molecule has 0 unspecified atom stereocenters. The Morgan fingerprint density at radius 1 is 1.09 bits per heavy atom. The third-order valence-corrected chi connectivity index (χ3v) is 6.95. The van der Waals surface area contributed by atoms with Crippen LogP contribution in [0.15, 0.2) is 110 Å². The second-order valence-electron chi connectivity index (χ2n) is 9.41. The van der Waals surface area contributed by atoms with Crippen LogP contribution < -0.4 is 15.6 Å². The number of amides is 1. The number of nitrogens with one attached hydrogen (secondary N) is 1. The topological polar surface area (TPSA) is 142 Å². The van der Waals surface area contributed by atoms with Gasteiger partial charge in [-0.2, -0.15) is 9.78 Å². The number of hydrogen-bond donors (Lipinski definition) is 1. The predicted octanol–water partition coefficient (Wildman–Crippen LogP) is 6.52. The molecule has 1 amide bonds. The molecule has 11 nitrogen and oxygen atoms in total. The van der Waals surface area contributed by atoms with E-state index in [1.807, 2.05) is 12.1 Å². The average Bonchev–Trinajstić information content (AvgIpc) is 3.44. The minimum Gasteiger partial charge on any atom is -0.477 e. The van der Waals surface area contributed by atoms with Crippen molar-refractivity contribution in [2.75, 3.05) is 11.9 Å². The molecule has 0 spiro atoms. The van der Waals surface area contributed by atoms with Crippen molar-refractivity contribution in [1.82, 2.24) is 9.66 Å². The Kier molecular flexibility index (Phi) is 7.69. The molecule has 218 valence electrons. The molecule has 0 atom stereocenters. The van der Waals surface area contributed by atoms with Gasteiger partial charge in [0.2, 0.25) is 5.82 Å². The molecule has 0 saturated heterocycles. The number of nitro benzene ring substituents is 1. The molecule has 0 aliphatic carbocycles. The lowest BCUT2D eigenvalue weighted by atomic mass is 10.2. The zero-order valence-electron chi connectivity index (χ0n) is 22.4. The first-order valence-electron chi connectivity index (χ1n) is 13.0. The summed E-state index contributed by atoms with van der Waals surface area (Å²) in [6.45, 7) is -0.599. The summed E-state index contributed by atoms with van der Waals surface area (Å²) in [7, 11) is 0. The Labute approximate surface area is 255 Å². The highest BCUT2D eigenvalue weighted by molar-refractivity contribution is 9.10. The van der Waals surface area contributed by atoms with E-state index < -0.39 is 34.5 Å². The summed E-state index contributed by atoms with van der Waals surface area (Å²) in [5, 5.41) is 19.6. The number of para-hydroxylation sites is 2. The fraction of sp³-hybridized carbons (Fsp3) is 0.0323. The third-order valence-electron chi connectivity index (χ3n) is 6.46. The quantitative estimate of drug-likeness (QED) is 0.112. The van der Waals surface area contributed by atoms with Gasteiger partial charge < -0.3 is 14.5 Å². The van der Waals surface area contributed by atoms with Gasteiger partial charge >= 0.3 is 5.69 Å². The average molecular weight is 656 g/mol. The molecule has 0 saturated carbocycles. The van der Waals surface area contributed by atoms with Crippen LogP contribution in [0.4, 0.5) is 15.8 Å². The summed E-state index contributed by atoms with van der Waals surface area (Å²) in [6, 6.07) is 23.5. The molecule has 0 bridgehead atoms. The summed E-state index contributed by atoms with van der Waals surface area (Å²) in [5.74, 6) is -1.10. The molecule has 6 aromatic rings. The summed E-state index contributed by atoms with van der Waals surface area (Å²) in [5.41, 5.74) is 0.320. The molecule has 0 aliphatic rings. The number of halogens is 2. The monoisotopic (exact) mass is 655 g/mol. The second kappa shape index (κ2) is 11.9. The van der Waals surface area contributed by atoms with Gasteiger partial charge in [-0.15, -0.1) is 0 Å². The SMILES string of the molecule is O=C(COc1ccc(C=Nn2c(-c3cc4cc(Br)ccc4o3)nc3ccccc3c2=O)cc1[N+](=O)[O-])Nc1ccccc1F. The van der Waals surface area contributed by atoms with Crippen LogP contribution in [0.1, 0.15) is 5.56 Å². The number of furan rings is 1. The fourth-order valence-corrected chi connectivity index (χ4v) is 4.79. The van der Waals surface area contributed by atoms with E-state index in [1.165, 1.54) is 42.6 Å². The molecule has 6 rings (SSSR count). The van der Waals surface area contributed by atoms with Crippen LogP contribution in [0, 0.1) is 15.9 Å². The Bertz CT molecular complexity index is 2180. The van der Waals surface area contributed by atoms with Gasteiger partial charge in [0.15, 0.2) is 18.1 Å². The summed E-state index contributed by atoms with van der Waals surface area (Å²) >= 11 is 3.43. The van der Waals surface area contributed by atoms with Crippen molar-refractivity contribution in [1.29, 1.82) is 0 Å². The molecule has 0 radical (unpaired) electrons. The van der Waals surface area contributed by atoms with Crippen molar-refractivity contribution in [3.8, 4) is 17.3 Å². The predicted molar refractivity (Wildman–Crippen MR) is 166 cm³/mol. The van der Waals surface area contributed by atoms with E-state index in [0.29, 0.717) is 22.2 Å². The maximum absolute atomic E-state index is 13.8. The zero-order valence-corrected chi connectivity index (χ0v) is 24.0. The first-order chi connectivity index (χ1) is 21.3. The van der Waals surface area contributed by atoms with E-state index in [1.54, 1.807) is 42.5 Å². The lowest BCUT2D eigenvalue weighted by Crippen LogP contribution is -2.21. The van der Waals surface area contributed by atoms with Crippen molar-refractivity contribution in [3.63, 3.8) is 0 Å². The number of carbonyl (C=O) groups is 1. The smallest absolute Gasteiger partial charge is 0.311 e. The van der Waals surface area contributed by atoms with E-state index in [4.69, 9.17) is 9.15 Å². The molecule has 1 N–H and O–H groups in total. The molecule has 4 aromatic carbocycles. The number of aromatic nitrogens is 2. The number of nitro groups is 1. The highest BCUT2D eigenvalue weighted by atomic mass is 79.9. The van der Waals surface area contributed by atoms with Gasteiger partial charge in [0, 0.05) is 21.5 Å². The number of fused-ring (bicyclic) bond motifs is 2. The van der Waals surface area contributed by atoms with Gasteiger partial charge in [-0.1, -0.05) is 40.2 Å². The van der Waals surface area contributed by atoms with Crippen LogP contribution in [-0.4, -0.2) is 33.3 Å². The number of rotatable bonds is 8. The van der Waals surface area contributed by atoms with Gasteiger partial charge in [-0.3, -0.25) is 19.7 Å². The normalized spacial score (nSPS) is 11.3. The molecular formula is C31H19BrFN5O6. The zero-order chi connectivity index (χ0) is 30.8. The third kappa shape index (κ3) is 5.80. The van der Waals surface area contributed by atoms with Crippen LogP contribution in [0.5, 0.6) is 5.75 Å². The molecule has 44 heavy (non-hydrogen) atoms. The lowest BCUT2D eigenvalue weighted by molar-refractivity contribution is -0.385. The summed E-state index contributed by atoms with van der Waals surface area (Å²) in [4.78, 5) is 41.5. The van der Waals surface area contributed by atoms with Gasteiger partial charge in [-0.25, -0.2) is 9.37 Å². The van der Waals surface area contributed by atoms with Gasteiger partial charge in [0.25, 0.3) is 11.5 Å². The number of anilines is 1. The van der Waals surface area contributed by atoms with Crippen molar-refractivity contribution in [2.45, 2.75) is 0 Å². The highest BCUT2D eigenvalue weighted by Gasteiger charge is 2.19. The molecule has 2 heterocycles. The minimum atomic E-state index is -0.705. The van der Waals surface area contributed by atoms with Crippen LogP contribution >= 0.6 is 15.9 Å². The Hall–Kier alpha value is -5.69. The first kappa shape index (κ1) is 28.4. The molecule has 0 aliphatic heterocycles. The van der Waals surface area contributed by atoms with E-state index in [-0.39, 0.29) is 22.8 Å². The molecule has 0 fully saturated rings. The van der Waals surface area contributed by atoms with E-state index in [0.717, 1.165) is 14.5 Å². The maximum atomic E-state index is 13.8. The highest BCUT2D eigenvalue weighted by Crippen LogP contribution is 2.30. The van der Waals surface area contributed by atoms with Crippen LogP contribution in [-0.2, 0) is 4.79 Å². The minimum absolute atomic E-state index is 0.0459. The largest absolute Gasteiger partial charge is 0.477 e. The number of carbonyl (C=O) groups excluding carboxylic acids is 1. The standard InChI is InChI=1S/C31H19BrFN5O6/c32-20-10-12-26-19(14-20)15-28(44-26)30-36-23-7-3-1-5-21(23)31(40)37(30)34-16-18-9-11-27(25(13-18)38(41)42)43-17-29(39)35-24-8-4-2-6-22(24)33/h1-16H,17H2,(H,35,39).